The number of thioether (sulfide) groups is 1. The van der Waals surface area contributed by atoms with E-state index >= 15 is 0 Å². The Balaban J connectivity index is 1.77. The quantitative estimate of drug-likeness (QED) is 0.829. The van der Waals surface area contributed by atoms with Gasteiger partial charge in [-0.25, -0.2) is 4.98 Å². The van der Waals surface area contributed by atoms with Crippen molar-refractivity contribution in [2.24, 2.45) is 0 Å². The molecular weight excluding hydrogens is 270 g/mol. The Hall–Kier alpha value is -1.52. The van der Waals surface area contributed by atoms with Crippen LogP contribution in [0.25, 0.3) is 0 Å². The van der Waals surface area contributed by atoms with Gasteiger partial charge in [0.15, 0.2) is 0 Å². The molecule has 0 saturated carbocycles. The second kappa shape index (κ2) is 7.31. The zero-order valence-corrected chi connectivity index (χ0v) is 12.6. The van der Waals surface area contributed by atoms with Crippen molar-refractivity contribution >= 4 is 11.8 Å². The van der Waals surface area contributed by atoms with Crippen molar-refractivity contribution in [1.29, 1.82) is 0 Å². The van der Waals surface area contributed by atoms with Crippen molar-refractivity contribution in [3.05, 3.63) is 53.7 Å². The van der Waals surface area contributed by atoms with Crippen LogP contribution in [0.5, 0.6) is 5.75 Å². The molecule has 1 heterocycles. The van der Waals surface area contributed by atoms with Gasteiger partial charge in [0, 0.05) is 11.9 Å². The molecule has 1 aromatic carbocycles. The summed E-state index contributed by atoms with van der Waals surface area (Å²) in [6, 6.07) is 11.7. The van der Waals surface area contributed by atoms with Crippen LogP contribution in [0.4, 0.5) is 0 Å². The molecule has 2 aromatic rings. The van der Waals surface area contributed by atoms with Crippen LogP contribution in [0.3, 0.4) is 0 Å². The summed E-state index contributed by atoms with van der Waals surface area (Å²) < 4.78 is 5.61. The highest BCUT2D eigenvalue weighted by Crippen LogP contribution is 2.18. The van der Waals surface area contributed by atoms with Crippen LogP contribution in [-0.4, -0.2) is 28.6 Å². The molecule has 0 bridgehead atoms. The average molecular weight is 289 g/mol. The van der Waals surface area contributed by atoms with Gasteiger partial charge in [-0.05, 0) is 49.2 Å². The number of ether oxygens (including phenoxy) is 1. The molecule has 0 spiro atoms. The molecule has 1 N–H and O–H groups in total. The lowest BCUT2D eigenvalue weighted by atomic mass is 10.1. The first kappa shape index (κ1) is 14.9. The molecule has 0 amide bonds. The fourth-order valence-electron chi connectivity index (χ4n) is 1.66. The third-order valence-corrected chi connectivity index (χ3v) is 4.07. The van der Waals surface area contributed by atoms with Gasteiger partial charge in [-0.15, -0.1) is 11.8 Å². The van der Waals surface area contributed by atoms with Crippen LogP contribution >= 0.6 is 11.8 Å². The van der Waals surface area contributed by atoms with E-state index in [2.05, 4.69) is 18.8 Å². The number of rotatable bonds is 6. The van der Waals surface area contributed by atoms with Gasteiger partial charge < -0.3 is 9.84 Å². The maximum absolute atomic E-state index is 9.92. The molecule has 0 fully saturated rings. The van der Waals surface area contributed by atoms with Crippen LogP contribution in [0.2, 0.25) is 0 Å². The van der Waals surface area contributed by atoms with Gasteiger partial charge in [0.2, 0.25) is 0 Å². The van der Waals surface area contributed by atoms with Crippen molar-refractivity contribution in [1.82, 2.24) is 4.98 Å². The largest absolute Gasteiger partial charge is 0.491 e. The molecule has 20 heavy (non-hydrogen) atoms. The lowest BCUT2D eigenvalue weighted by molar-refractivity contribution is 0.126. The minimum absolute atomic E-state index is 0.294. The van der Waals surface area contributed by atoms with Crippen LogP contribution in [0.1, 0.15) is 11.1 Å². The molecule has 0 aliphatic rings. The molecule has 0 saturated heterocycles. The Kier molecular flexibility index (Phi) is 5.44. The summed E-state index contributed by atoms with van der Waals surface area (Å²) in [6.45, 7) is 4.41. The summed E-state index contributed by atoms with van der Waals surface area (Å²) in [4.78, 5) is 4.20. The summed E-state index contributed by atoms with van der Waals surface area (Å²) in [5.41, 5.74) is 2.43. The number of nitrogens with zero attached hydrogens (tertiary/aromatic N) is 1. The highest BCUT2D eigenvalue weighted by Gasteiger charge is 2.07. The van der Waals surface area contributed by atoms with Gasteiger partial charge in [0.1, 0.15) is 12.4 Å². The molecule has 0 unspecified atom stereocenters. The summed E-state index contributed by atoms with van der Waals surface area (Å²) in [6.07, 6.45) is 1.24. The van der Waals surface area contributed by atoms with Gasteiger partial charge >= 0.3 is 0 Å². The van der Waals surface area contributed by atoms with Crippen molar-refractivity contribution in [2.75, 3.05) is 12.4 Å². The molecule has 3 nitrogen and oxygen atoms in total. The van der Waals surface area contributed by atoms with E-state index in [1.165, 1.54) is 22.9 Å². The number of aliphatic hydroxyl groups is 1. The topological polar surface area (TPSA) is 42.4 Å². The highest BCUT2D eigenvalue weighted by atomic mass is 32.2. The van der Waals surface area contributed by atoms with E-state index in [0.717, 1.165) is 10.8 Å². The maximum Gasteiger partial charge on any atom is 0.119 e. The van der Waals surface area contributed by atoms with Gasteiger partial charge in [0.25, 0.3) is 0 Å². The second-order valence-corrected chi connectivity index (χ2v) is 5.73. The molecule has 0 aliphatic heterocycles. The number of benzene rings is 1. The number of hydrogen-bond donors (Lipinski definition) is 1. The first-order valence-electron chi connectivity index (χ1n) is 6.57. The fraction of sp³-hybridized carbons (Fsp3) is 0.312. The molecular formula is C16H19NO2S. The van der Waals surface area contributed by atoms with Gasteiger partial charge in [-0.2, -0.15) is 0 Å². The lowest BCUT2D eigenvalue weighted by Crippen LogP contribution is -2.20. The summed E-state index contributed by atoms with van der Waals surface area (Å²) in [5, 5.41) is 10.8. The fourth-order valence-corrected chi connectivity index (χ4v) is 2.43. The summed E-state index contributed by atoms with van der Waals surface area (Å²) in [7, 11) is 0. The lowest BCUT2D eigenvalue weighted by Gasteiger charge is -2.12. The molecule has 106 valence electrons. The Labute approximate surface area is 124 Å². The Morgan fingerprint density at radius 2 is 2.05 bits per heavy atom. The minimum Gasteiger partial charge on any atom is -0.491 e. The number of aromatic nitrogens is 1. The zero-order chi connectivity index (χ0) is 14.4. The number of hydrogen-bond acceptors (Lipinski definition) is 4. The third-order valence-electron chi connectivity index (χ3n) is 2.98. The SMILES string of the molecule is Cc1ccc(OC[C@H](O)CSc2ccccn2)cc1C. The normalized spacial score (nSPS) is 12.2. The molecule has 1 atom stereocenters. The van der Waals surface area contributed by atoms with E-state index < -0.39 is 6.10 Å². The van der Waals surface area contributed by atoms with Crippen molar-refractivity contribution in [2.45, 2.75) is 25.0 Å². The summed E-state index contributed by atoms with van der Waals surface area (Å²) >= 11 is 1.53. The standard InChI is InChI=1S/C16H19NO2S/c1-12-6-7-15(9-13(12)2)19-10-14(18)11-20-16-5-3-4-8-17-16/h3-9,14,18H,10-11H2,1-2H3/t14-/m0/s1. The van der Waals surface area contributed by atoms with Crippen molar-refractivity contribution in [3.63, 3.8) is 0 Å². The Morgan fingerprint density at radius 3 is 2.75 bits per heavy atom. The van der Waals surface area contributed by atoms with E-state index in [0.29, 0.717) is 12.4 Å². The van der Waals surface area contributed by atoms with E-state index in [1.54, 1.807) is 6.20 Å². The van der Waals surface area contributed by atoms with E-state index in [4.69, 9.17) is 4.74 Å². The van der Waals surface area contributed by atoms with Crippen LogP contribution in [0, 0.1) is 13.8 Å². The van der Waals surface area contributed by atoms with E-state index in [1.807, 2.05) is 36.4 Å². The second-order valence-electron chi connectivity index (χ2n) is 4.69. The molecule has 2 rings (SSSR count). The predicted molar refractivity (Wildman–Crippen MR) is 82.4 cm³/mol. The van der Waals surface area contributed by atoms with Gasteiger partial charge in [0.05, 0.1) is 11.1 Å². The molecule has 4 heteroatoms. The zero-order valence-electron chi connectivity index (χ0n) is 11.7. The van der Waals surface area contributed by atoms with Crippen LogP contribution in [-0.2, 0) is 0 Å². The number of aliphatic hydroxyl groups excluding tert-OH is 1. The highest BCUT2D eigenvalue weighted by molar-refractivity contribution is 7.99. The van der Waals surface area contributed by atoms with Crippen LogP contribution in [0.15, 0.2) is 47.6 Å². The first-order valence-corrected chi connectivity index (χ1v) is 7.55. The summed E-state index contributed by atoms with van der Waals surface area (Å²) in [5.74, 6) is 1.37. The monoisotopic (exact) mass is 289 g/mol. The minimum atomic E-state index is -0.511. The Bertz CT molecular complexity index is 545. The first-order chi connectivity index (χ1) is 9.65. The Morgan fingerprint density at radius 1 is 1.20 bits per heavy atom. The smallest absolute Gasteiger partial charge is 0.119 e. The third kappa shape index (κ3) is 4.54. The molecule has 0 aliphatic carbocycles. The van der Waals surface area contributed by atoms with Crippen molar-refractivity contribution in [3.8, 4) is 5.75 Å². The molecule has 0 radical (unpaired) electrons. The van der Waals surface area contributed by atoms with Gasteiger partial charge in [-0.1, -0.05) is 12.1 Å². The maximum atomic E-state index is 9.92. The van der Waals surface area contributed by atoms with Crippen molar-refractivity contribution < 1.29 is 9.84 Å². The van der Waals surface area contributed by atoms with E-state index in [-0.39, 0.29) is 0 Å². The number of aryl methyl sites for hydroxylation is 2. The number of pyridine rings is 1. The average Bonchev–Trinajstić information content (AvgIpc) is 2.47. The molecule has 1 aromatic heterocycles. The predicted octanol–water partition coefficient (Wildman–Crippen LogP) is 3.23. The van der Waals surface area contributed by atoms with Crippen LogP contribution < -0.4 is 4.74 Å². The van der Waals surface area contributed by atoms with Gasteiger partial charge in [-0.3, -0.25) is 0 Å². The van der Waals surface area contributed by atoms with E-state index in [9.17, 15) is 5.11 Å².